The Hall–Kier alpha value is -1.92. The zero-order chi connectivity index (χ0) is 17.6. The molecule has 1 aromatic carbocycles. The third-order valence-corrected chi connectivity index (χ3v) is 4.53. The molecule has 6 heteroatoms. The number of methoxy groups -OCH3 is 1. The molecule has 1 aromatic rings. The Morgan fingerprint density at radius 2 is 1.83 bits per heavy atom. The fourth-order valence-electron chi connectivity index (χ4n) is 2.92. The highest BCUT2D eigenvalue weighted by Gasteiger charge is 2.39. The highest BCUT2D eigenvalue weighted by molar-refractivity contribution is 5.95. The van der Waals surface area contributed by atoms with Gasteiger partial charge in [0.1, 0.15) is 0 Å². The molecular weight excluding hydrogens is 306 g/mol. The van der Waals surface area contributed by atoms with Crippen LogP contribution in [0.1, 0.15) is 18.4 Å². The second-order valence-electron chi connectivity index (χ2n) is 6.58. The van der Waals surface area contributed by atoms with E-state index in [0.29, 0.717) is 13.0 Å². The first kappa shape index (κ1) is 18.4. The van der Waals surface area contributed by atoms with Crippen LogP contribution in [-0.4, -0.2) is 57.6 Å². The molecule has 1 saturated heterocycles. The highest BCUT2D eigenvalue weighted by atomic mass is 16.5. The van der Waals surface area contributed by atoms with Gasteiger partial charge in [0, 0.05) is 26.9 Å². The average molecular weight is 333 g/mol. The van der Waals surface area contributed by atoms with Crippen LogP contribution < -0.4 is 10.6 Å². The third kappa shape index (κ3) is 4.55. The number of amides is 2. The lowest BCUT2D eigenvalue weighted by atomic mass is 9.78. The first-order valence-corrected chi connectivity index (χ1v) is 8.27. The van der Waals surface area contributed by atoms with Gasteiger partial charge in [0.25, 0.3) is 0 Å². The summed E-state index contributed by atoms with van der Waals surface area (Å²) >= 11 is 0. The molecule has 0 unspecified atom stereocenters. The van der Waals surface area contributed by atoms with E-state index < -0.39 is 5.41 Å². The number of anilines is 1. The summed E-state index contributed by atoms with van der Waals surface area (Å²) < 4.78 is 5.30. The Morgan fingerprint density at radius 1 is 1.21 bits per heavy atom. The van der Waals surface area contributed by atoms with E-state index in [1.165, 1.54) is 0 Å². The van der Waals surface area contributed by atoms with E-state index in [1.807, 2.05) is 24.3 Å². The Balaban J connectivity index is 2.01. The van der Waals surface area contributed by atoms with E-state index >= 15 is 0 Å². The monoisotopic (exact) mass is 333 g/mol. The molecule has 0 aliphatic carbocycles. The Labute approximate surface area is 143 Å². The predicted molar refractivity (Wildman–Crippen MR) is 93.9 cm³/mol. The normalized spacial score (nSPS) is 16.5. The molecule has 0 saturated carbocycles. The SMILES string of the molecule is COCC1(C(=O)Nc2ccc(CC(=O)N(C)C)cc2)CCNCC1. The second-order valence-corrected chi connectivity index (χ2v) is 6.58. The van der Waals surface area contributed by atoms with Gasteiger partial charge in [0.2, 0.25) is 11.8 Å². The molecule has 2 amide bonds. The quantitative estimate of drug-likeness (QED) is 0.822. The largest absolute Gasteiger partial charge is 0.384 e. The van der Waals surface area contributed by atoms with Gasteiger partial charge < -0.3 is 20.3 Å². The Morgan fingerprint density at radius 3 is 2.38 bits per heavy atom. The first-order valence-electron chi connectivity index (χ1n) is 8.27. The summed E-state index contributed by atoms with van der Waals surface area (Å²) in [5.74, 6) is 0.0588. The zero-order valence-corrected chi connectivity index (χ0v) is 14.7. The van der Waals surface area contributed by atoms with Gasteiger partial charge in [0.05, 0.1) is 18.4 Å². The number of benzene rings is 1. The zero-order valence-electron chi connectivity index (χ0n) is 14.7. The molecule has 2 rings (SSSR count). The van der Waals surface area contributed by atoms with Gasteiger partial charge in [-0.15, -0.1) is 0 Å². The number of carbonyl (C=O) groups is 2. The molecule has 1 fully saturated rings. The minimum absolute atomic E-state index is 0.00275. The van der Waals surface area contributed by atoms with E-state index in [1.54, 1.807) is 26.1 Å². The summed E-state index contributed by atoms with van der Waals surface area (Å²) in [6.07, 6.45) is 1.89. The summed E-state index contributed by atoms with van der Waals surface area (Å²) in [5, 5.41) is 6.28. The standard InChI is InChI=1S/C18H27N3O3/c1-21(2)16(22)12-14-4-6-15(7-5-14)20-17(23)18(13-24-3)8-10-19-11-9-18/h4-7,19H,8-13H2,1-3H3,(H,20,23). The van der Waals surface area contributed by atoms with Gasteiger partial charge in [-0.2, -0.15) is 0 Å². The minimum atomic E-state index is -0.473. The Kier molecular flexibility index (Phi) is 6.34. The molecule has 1 heterocycles. The molecule has 0 aromatic heterocycles. The van der Waals surface area contributed by atoms with Crippen molar-refractivity contribution in [2.45, 2.75) is 19.3 Å². The van der Waals surface area contributed by atoms with Crippen LogP contribution in [0, 0.1) is 5.41 Å². The fourth-order valence-corrected chi connectivity index (χ4v) is 2.92. The number of likely N-dealkylation sites (N-methyl/N-ethyl adjacent to an activating group) is 1. The van der Waals surface area contributed by atoms with E-state index in [4.69, 9.17) is 4.74 Å². The van der Waals surface area contributed by atoms with Crippen LogP contribution in [0.4, 0.5) is 5.69 Å². The van der Waals surface area contributed by atoms with Crippen LogP contribution in [0.25, 0.3) is 0 Å². The molecule has 24 heavy (non-hydrogen) atoms. The summed E-state index contributed by atoms with van der Waals surface area (Å²) in [6, 6.07) is 7.44. The predicted octanol–water partition coefficient (Wildman–Crippen LogP) is 1.27. The van der Waals surface area contributed by atoms with Crippen LogP contribution in [0.3, 0.4) is 0 Å². The molecule has 6 nitrogen and oxygen atoms in total. The van der Waals surface area contributed by atoms with Gasteiger partial charge >= 0.3 is 0 Å². The highest BCUT2D eigenvalue weighted by Crippen LogP contribution is 2.31. The molecule has 0 atom stereocenters. The van der Waals surface area contributed by atoms with Crippen molar-refractivity contribution in [1.82, 2.24) is 10.2 Å². The summed E-state index contributed by atoms with van der Waals surface area (Å²) in [7, 11) is 5.12. The lowest BCUT2D eigenvalue weighted by Gasteiger charge is -2.35. The Bertz CT molecular complexity index is 558. The van der Waals surface area contributed by atoms with E-state index in [-0.39, 0.29) is 11.8 Å². The number of hydrogen-bond acceptors (Lipinski definition) is 4. The van der Waals surface area contributed by atoms with Crippen LogP contribution >= 0.6 is 0 Å². The number of carbonyl (C=O) groups excluding carboxylic acids is 2. The molecule has 1 aliphatic rings. The van der Waals surface area contributed by atoms with Gasteiger partial charge in [-0.05, 0) is 43.6 Å². The van der Waals surface area contributed by atoms with Crippen molar-refractivity contribution < 1.29 is 14.3 Å². The number of nitrogens with zero attached hydrogens (tertiary/aromatic N) is 1. The van der Waals surface area contributed by atoms with Crippen LogP contribution in [0.5, 0.6) is 0 Å². The minimum Gasteiger partial charge on any atom is -0.384 e. The van der Waals surface area contributed by atoms with Gasteiger partial charge in [-0.1, -0.05) is 12.1 Å². The number of piperidine rings is 1. The second kappa shape index (κ2) is 8.26. The lowest BCUT2D eigenvalue weighted by molar-refractivity contribution is -0.130. The van der Waals surface area contributed by atoms with Crippen LogP contribution in [0.15, 0.2) is 24.3 Å². The average Bonchev–Trinajstić information content (AvgIpc) is 2.57. The summed E-state index contributed by atoms with van der Waals surface area (Å²) in [4.78, 5) is 26.1. The maximum atomic E-state index is 12.8. The van der Waals surface area contributed by atoms with Gasteiger partial charge in [-0.25, -0.2) is 0 Å². The lowest BCUT2D eigenvalue weighted by Crippen LogP contribution is -2.47. The van der Waals surface area contributed by atoms with Crippen molar-refractivity contribution in [3.8, 4) is 0 Å². The molecule has 0 spiro atoms. The molecule has 1 aliphatic heterocycles. The third-order valence-electron chi connectivity index (χ3n) is 4.53. The molecule has 2 N–H and O–H groups in total. The van der Waals surface area contributed by atoms with Crippen molar-refractivity contribution in [2.75, 3.05) is 46.2 Å². The smallest absolute Gasteiger partial charge is 0.233 e. The van der Waals surface area contributed by atoms with Crippen LogP contribution in [-0.2, 0) is 20.7 Å². The maximum Gasteiger partial charge on any atom is 0.233 e. The van der Waals surface area contributed by atoms with E-state index in [0.717, 1.165) is 37.2 Å². The van der Waals surface area contributed by atoms with Crippen LogP contribution in [0.2, 0.25) is 0 Å². The van der Waals surface area contributed by atoms with Gasteiger partial charge in [0.15, 0.2) is 0 Å². The summed E-state index contributed by atoms with van der Waals surface area (Å²) in [6.45, 7) is 2.07. The summed E-state index contributed by atoms with van der Waals surface area (Å²) in [5.41, 5.74) is 1.20. The van der Waals surface area contributed by atoms with Crippen molar-refractivity contribution >= 4 is 17.5 Å². The topological polar surface area (TPSA) is 70.7 Å². The molecule has 132 valence electrons. The first-order chi connectivity index (χ1) is 11.5. The molecule has 0 radical (unpaired) electrons. The molecule has 0 bridgehead atoms. The van der Waals surface area contributed by atoms with Crippen molar-refractivity contribution in [1.29, 1.82) is 0 Å². The molecular formula is C18H27N3O3. The van der Waals surface area contributed by atoms with E-state index in [2.05, 4.69) is 10.6 Å². The number of ether oxygens (including phenoxy) is 1. The van der Waals surface area contributed by atoms with E-state index in [9.17, 15) is 9.59 Å². The number of hydrogen-bond donors (Lipinski definition) is 2. The number of nitrogens with one attached hydrogen (secondary N) is 2. The van der Waals surface area contributed by atoms with Crippen molar-refractivity contribution in [3.05, 3.63) is 29.8 Å². The van der Waals surface area contributed by atoms with Gasteiger partial charge in [-0.3, -0.25) is 9.59 Å². The maximum absolute atomic E-state index is 12.8. The van der Waals surface area contributed by atoms with Crippen molar-refractivity contribution in [3.63, 3.8) is 0 Å². The van der Waals surface area contributed by atoms with Crippen molar-refractivity contribution in [2.24, 2.45) is 5.41 Å². The fraction of sp³-hybridized carbons (Fsp3) is 0.556. The number of rotatable bonds is 6.